The van der Waals surface area contributed by atoms with Gasteiger partial charge in [0.25, 0.3) is 0 Å². The Balaban J connectivity index is 2.16. The van der Waals surface area contributed by atoms with Gasteiger partial charge in [0.2, 0.25) is 0 Å². The topological polar surface area (TPSA) is 21.3 Å². The average molecular weight is 264 g/mol. The van der Waals surface area contributed by atoms with Crippen molar-refractivity contribution in [2.24, 2.45) is 5.92 Å². The van der Waals surface area contributed by atoms with Crippen LogP contribution in [0.15, 0.2) is 0 Å². The standard InChI is InChI=1S/C11H22BrNO/c1-9(2)11(7-12)13-8-10-5-3-4-6-14-10/h9-11,13H,3-8H2,1-2H3. The first kappa shape index (κ1) is 12.5. The SMILES string of the molecule is CC(C)C(CBr)NCC1CCCCO1. The van der Waals surface area contributed by atoms with E-state index in [0.717, 1.165) is 18.5 Å². The molecule has 0 aromatic heterocycles. The lowest BCUT2D eigenvalue weighted by atomic mass is 10.1. The van der Waals surface area contributed by atoms with Gasteiger partial charge in [-0.2, -0.15) is 0 Å². The minimum absolute atomic E-state index is 0.448. The van der Waals surface area contributed by atoms with Crippen molar-refractivity contribution in [3.63, 3.8) is 0 Å². The van der Waals surface area contributed by atoms with Crippen molar-refractivity contribution in [2.75, 3.05) is 18.5 Å². The third-order valence-corrected chi connectivity index (χ3v) is 3.55. The van der Waals surface area contributed by atoms with Gasteiger partial charge in [0.05, 0.1) is 6.10 Å². The molecule has 1 fully saturated rings. The zero-order valence-electron chi connectivity index (χ0n) is 9.26. The molecular formula is C11H22BrNO. The fourth-order valence-electron chi connectivity index (χ4n) is 1.72. The van der Waals surface area contributed by atoms with Crippen molar-refractivity contribution < 1.29 is 4.74 Å². The Hall–Kier alpha value is 0.400. The second kappa shape index (κ2) is 6.81. The van der Waals surface area contributed by atoms with Crippen LogP contribution >= 0.6 is 15.9 Å². The molecule has 2 atom stereocenters. The van der Waals surface area contributed by atoms with Crippen molar-refractivity contribution in [3.8, 4) is 0 Å². The molecule has 1 heterocycles. The first-order chi connectivity index (χ1) is 6.74. The maximum Gasteiger partial charge on any atom is 0.0699 e. The van der Waals surface area contributed by atoms with Crippen LogP contribution < -0.4 is 5.32 Å². The van der Waals surface area contributed by atoms with Gasteiger partial charge in [0, 0.05) is 24.5 Å². The van der Waals surface area contributed by atoms with Gasteiger partial charge in [-0.3, -0.25) is 0 Å². The molecule has 14 heavy (non-hydrogen) atoms. The molecular weight excluding hydrogens is 242 g/mol. The highest BCUT2D eigenvalue weighted by molar-refractivity contribution is 9.09. The summed E-state index contributed by atoms with van der Waals surface area (Å²) in [5.41, 5.74) is 0. The van der Waals surface area contributed by atoms with E-state index >= 15 is 0 Å². The summed E-state index contributed by atoms with van der Waals surface area (Å²) in [4.78, 5) is 0. The third-order valence-electron chi connectivity index (χ3n) is 2.85. The van der Waals surface area contributed by atoms with Gasteiger partial charge in [-0.1, -0.05) is 29.8 Å². The number of alkyl halides is 1. The molecule has 1 rings (SSSR count). The lowest BCUT2D eigenvalue weighted by Gasteiger charge is -2.26. The molecule has 1 aliphatic rings. The van der Waals surface area contributed by atoms with Crippen LogP contribution in [0.4, 0.5) is 0 Å². The Labute approximate surface area is 95.9 Å². The van der Waals surface area contributed by atoms with Crippen LogP contribution in [0.2, 0.25) is 0 Å². The number of hydrogen-bond donors (Lipinski definition) is 1. The van der Waals surface area contributed by atoms with Crippen molar-refractivity contribution in [3.05, 3.63) is 0 Å². The summed E-state index contributed by atoms with van der Waals surface area (Å²) >= 11 is 3.54. The van der Waals surface area contributed by atoms with Crippen molar-refractivity contribution in [1.82, 2.24) is 5.32 Å². The van der Waals surface area contributed by atoms with E-state index < -0.39 is 0 Å². The fraction of sp³-hybridized carbons (Fsp3) is 1.00. The smallest absolute Gasteiger partial charge is 0.0699 e. The maximum absolute atomic E-state index is 5.67. The first-order valence-electron chi connectivity index (χ1n) is 5.65. The van der Waals surface area contributed by atoms with Crippen molar-refractivity contribution in [2.45, 2.75) is 45.3 Å². The molecule has 0 radical (unpaired) electrons. The number of ether oxygens (including phenoxy) is 1. The van der Waals surface area contributed by atoms with E-state index in [1.807, 2.05) is 0 Å². The molecule has 1 N–H and O–H groups in total. The monoisotopic (exact) mass is 263 g/mol. The van der Waals surface area contributed by atoms with Gasteiger partial charge >= 0.3 is 0 Å². The largest absolute Gasteiger partial charge is 0.377 e. The zero-order valence-corrected chi connectivity index (χ0v) is 10.8. The van der Waals surface area contributed by atoms with Gasteiger partial charge < -0.3 is 10.1 Å². The van der Waals surface area contributed by atoms with Crippen LogP contribution in [0, 0.1) is 5.92 Å². The van der Waals surface area contributed by atoms with Crippen LogP contribution in [0.1, 0.15) is 33.1 Å². The predicted molar refractivity (Wildman–Crippen MR) is 64.0 cm³/mol. The lowest BCUT2D eigenvalue weighted by molar-refractivity contribution is 0.0150. The number of hydrogen-bond acceptors (Lipinski definition) is 2. The third kappa shape index (κ3) is 4.28. The average Bonchev–Trinajstić information content (AvgIpc) is 2.20. The van der Waals surface area contributed by atoms with E-state index in [0.29, 0.717) is 18.1 Å². The quantitative estimate of drug-likeness (QED) is 0.770. The van der Waals surface area contributed by atoms with Gasteiger partial charge in [-0.05, 0) is 25.2 Å². The zero-order chi connectivity index (χ0) is 10.4. The molecule has 0 spiro atoms. The Bertz CT molecular complexity index is 146. The van der Waals surface area contributed by atoms with E-state index in [4.69, 9.17) is 4.74 Å². The van der Waals surface area contributed by atoms with Crippen molar-refractivity contribution >= 4 is 15.9 Å². The van der Waals surface area contributed by atoms with E-state index in [2.05, 4.69) is 35.1 Å². The molecule has 0 saturated carbocycles. The van der Waals surface area contributed by atoms with Crippen LogP contribution in [0.3, 0.4) is 0 Å². The highest BCUT2D eigenvalue weighted by Gasteiger charge is 2.16. The van der Waals surface area contributed by atoms with E-state index in [1.54, 1.807) is 0 Å². The van der Waals surface area contributed by atoms with E-state index in [-0.39, 0.29) is 0 Å². The molecule has 0 aromatic carbocycles. The summed E-state index contributed by atoms with van der Waals surface area (Å²) in [5.74, 6) is 0.679. The molecule has 1 saturated heterocycles. The van der Waals surface area contributed by atoms with Crippen LogP contribution in [-0.2, 0) is 4.74 Å². The molecule has 2 nitrogen and oxygen atoms in total. The van der Waals surface area contributed by atoms with Crippen LogP contribution in [-0.4, -0.2) is 30.6 Å². The first-order valence-corrected chi connectivity index (χ1v) is 6.77. The second-order valence-electron chi connectivity index (χ2n) is 4.40. The van der Waals surface area contributed by atoms with Gasteiger partial charge in [0.1, 0.15) is 0 Å². The summed E-state index contributed by atoms with van der Waals surface area (Å²) in [7, 11) is 0. The van der Waals surface area contributed by atoms with Crippen LogP contribution in [0.5, 0.6) is 0 Å². The molecule has 84 valence electrons. The van der Waals surface area contributed by atoms with Gasteiger partial charge in [-0.25, -0.2) is 0 Å². The maximum atomic E-state index is 5.67. The Kier molecular flexibility index (Phi) is 6.06. The summed E-state index contributed by atoms with van der Waals surface area (Å²) in [6.07, 6.45) is 4.24. The Morgan fingerprint density at radius 1 is 1.43 bits per heavy atom. The van der Waals surface area contributed by atoms with Gasteiger partial charge in [-0.15, -0.1) is 0 Å². The highest BCUT2D eigenvalue weighted by Crippen LogP contribution is 2.12. The fourth-order valence-corrected chi connectivity index (χ4v) is 2.70. The normalized spacial score (nSPS) is 25.3. The lowest BCUT2D eigenvalue weighted by Crippen LogP contribution is -2.41. The molecule has 0 aromatic rings. The predicted octanol–water partition coefficient (Wildman–Crippen LogP) is 2.56. The van der Waals surface area contributed by atoms with Gasteiger partial charge in [0.15, 0.2) is 0 Å². The van der Waals surface area contributed by atoms with E-state index in [1.165, 1.54) is 19.3 Å². The summed E-state index contributed by atoms with van der Waals surface area (Å²) in [6.45, 7) is 6.46. The minimum Gasteiger partial charge on any atom is -0.377 e. The highest BCUT2D eigenvalue weighted by atomic mass is 79.9. The molecule has 1 aliphatic heterocycles. The molecule has 0 bridgehead atoms. The Morgan fingerprint density at radius 2 is 2.21 bits per heavy atom. The van der Waals surface area contributed by atoms with Crippen molar-refractivity contribution in [1.29, 1.82) is 0 Å². The molecule has 0 aliphatic carbocycles. The minimum atomic E-state index is 0.448. The summed E-state index contributed by atoms with van der Waals surface area (Å²) in [5, 5.41) is 4.59. The Morgan fingerprint density at radius 3 is 2.71 bits per heavy atom. The van der Waals surface area contributed by atoms with E-state index in [9.17, 15) is 0 Å². The van der Waals surface area contributed by atoms with Crippen LogP contribution in [0.25, 0.3) is 0 Å². The second-order valence-corrected chi connectivity index (χ2v) is 5.05. The number of nitrogens with one attached hydrogen (secondary N) is 1. The summed E-state index contributed by atoms with van der Waals surface area (Å²) < 4.78 is 5.67. The molecule has 0 amide bonds. The molecule has 2 unspecified atom stereocenters. The number of rotatable bonds is 5. The molecule has 3 heteroatoms. The number of halogens is 1. The summed E-state index contributed by atoms with van der Waals surface area (Å²) in [6, 6.07) is 0.570.